The second-order valence-electron chi connectivity index (χ2n) is 15.9. The Balaban J connectivity index is 1.03. The predicted octanol–water partition coefficient (Wildman–Crippen LogP) is 14.0. The van der Waals surface area contributed by atoms with E-state index < -0.39 is 10.8 Å². The van der Waals surface area contributed by atoms with Gasteiger partial charge in [0.15, 0.2) is 0 Å². The summed E-state index contributed by atoms with van der Waals surface area (Å²) in [4.78, 5) is 0. The van der Waals surface area contributed by atoms with Gasteiger partial charge in [-0.2, -0.15) is 0 Å². The van der Waals surface area contributed by atoms with Crippen molar-refractivity contribution in [2.45, 2.75) is 10.8 Å². The maximum absolute atomic E-state index is 6.42. The van der Waals surface area contributed by atoms with Gasteiger partial charge in [0, 0.05) is 33.3 Å². The van der Waals surface area contributed by atoms with Crippen LogP contribution in [0.15, 0.2) is 211 Å². The number of para-hydroxylation sites is 2. The molecule has 270 valence electrons. The van der Waals surface area contributed by atoms with Gasteiger partial charge in [-0.3, -0.25) is 0 Å². The molecule has 10 aromatic rings. The Morgan fingerprint density at radius 2 is 0.776 bits per heavy atom. The average molecular weight is 738 g/mol. The Labute approximate surface area is 336 Å². The molecule has 0 radical (unpaired) electrons. The van der Waals surface area contributed by atoms with Crippen LogP contribution in [-0.2, 0) is 10.8 Å². The molecule has 0 saturated heterocycles. The Hall–Kier alpha value is -7.42. The summed E-state index contributed by atoms with van der Waals surface area (Å²) >= 11 is 0. The van der Waals surface area contributed by atoms with Gasteiger partial charge in [-0.25, -0.2) is 0 Å². The summed E-state index contributed by atoms with van der Waals surface area (Å²) in [5, 5.41) is 6.26. The molecular weight excluding hydrogens is 703 g/mol. The maximum Gasteiger partial charge on any atom is 0.143 e. The zero-order valence-corrected chi connectivity index (χ0v) is 31.5. The minimum absolute atomic E-state index is 0.468. The van der Waals surface area contributed by atoms with Gasteiger partial charge in [-0.15, -0.1) is 0 Å². The molecule has 0 amide bonds. The van der Waals surface area contributed by atoms with E-state index in [9.17, 15) is 0 Å². The third kappa shape index (κ3) is 3.87. The van der Waals surface area contributed by atoms with E-state index in [2.05, 4.69) is 199 Å². The van der Waals surface area contributed by atoms with Gasteiger partial charge in [-0.05, 0) is 91.0 Å². The summed E-state index contributed by atoms with van der Waals surface area (Å²) < 4.78 is 6.42. The summed E-state index contributed by atoms with van der Waals surface area (Å²) in [7, 11) is 0. The molecule has 3 aliphatic rings. The molecule has 3 aliphatic carbocycles. The Kier molecular flexibility index (Phi) is 6.33. The molecule has 1 N–H and O–H groups in total. The number of rotatable bonds is 3. The van der Waals surface area contributed by atoms with Crippen molar-refractivity contribution in [1.29, 1.82) is 0 Å². The standard InChI is InChI=1S/C56H35NO/c1-5-22-44-38(15-1)39-16-2-6-23-45(39)55(44)47-25-8-10-27-49(47)56(50-28-11-9-26-48(50)55)46-24-7-3-17-40(46)42-20-14-29-51(53(42)56)57-36-33-31-35(32-34-36)37-19-13-21-43-41-18-4-12-30-52(41)58-54(37)43/h1-34,57H. The highest BCUT2D eigenvalue weighted by atomic mass is 16.3. The maximum atomic E-state index is 6.42. The quantitative estimate of drug-likeness (QED) is 0.195. The van der Waals surface area contributed by atoms with Crippen molar-refractivity contribution in [2.24, 2.45) is 0 Å². The van der Waals surface area contributed by atoms with Crippen molar-refractivity contribution in [1.82, 2.24) is 0 Å². The fourth-order valence-electron chi connectivity index (χ4n) is 11.3. The molecule has 0 unspecified atom stereocenters. The molecule has 2 nitrogen and oxygen atoms in total. The second-order valence-corrected chi connectivity index (χ2v) is 15.9. The zero-order valence-electron chi connectivity index (χ0n) is 31.5. The molecular formula is C56H35NO. The molecule has 0 aliphatic heterocycles. The van der Waals surface area contributed by atoms with Crippen LogP contribution >= 0.6 is 0 Å². The normalized spacial score (nSPS) is 14.5. The first kappa shape index (κ1) is 31.7. The van der Waals surface area contributed by atoms with Gasteiger partial charge >= 0.3 is 0 Å². The summed E-state index contributed by atoms with van der Waals surface area (Å²) in [6.45, 7) is 0. The van der Waals surface area contributed by atoms with E-state index in [1.165, 1.54) is 66.8 Å². The molecule has 2 heteroatoms. The Morgan fingerprint density at radius 3 is 1.41 bits per heavy atom. The van der Waals surface area contributed by atoms with Crippen molar-refractivity contribution >= 4 is 33.3 Å². The van der Waals surface area contributed by atoms with Gasteiger partial charge < -0.3 is 9.73 Å². The first-order valence-electron chi connectivity index (χ1n) is 20.2. The summed E-state index contributed by atoms with van der Waals surface area (Å²) in [5.74, 6) is 0. The highest BCUT2D eigenvalue weighted by molar-refractivity contribution is 6.09. The van der Waals surface area contributed by atoms with Crippen LogP contribution in [0.25, 0.3) is 55.3 Å². The van der Waals surface area contributed by atoms with E-state index >= 15 is 0 Å². The molecule has 13 rings (SSSR count). The van der Waals surface area contributed by atoms with E-state index in [0.29, 0.717) is 0 Å². The SMILES string of the molecule is c1ccc2c(c1)-c1ccccc1C21c2ccccc2C2(c3ccccc3-c3cccc(Nc4ccc(-c5cccc6c5oc5ccccc56)cc4)c32)c2ccccc21. The molecule has 0 atom stereocenters. The predicted molar refractivity (Wildman–Crippen MR) is 237 cm³/mol. The van der Waals surface area contributed by atoms with Crippen LogP contribution < -0.4 is 5.32 Å². The van der Waals surface area contributed by atoms with Gasteiger partial charge in [-0.1, -0.05) is 182 Å². The van der Waals surface area contributed by atoms with Gasteiger partial charge in [0.25, 0.3) is 0 Å². The van der Waals surface area contributed by atoms with Gasteiger partial charge in [0.05, 0.1) is 10.8 Å². The van der Waals surface area contributed by atoms with Crippen LogP contribution in [0.4, 0.5) is 11.4 Å². The third-order valence-corrected chi connectivity index (χ3v) is 13.4. The van der Waals surface area contributed by atoms with E-state index in [-0.39, 0.29) is 0 Å². The van der Waals surface area contributed by atoms with Crippen LogP contribution in [0.3, 0.4) is 0 Å². The van der Waals surface area contributed by atoms with Crippen LogP contribution in [0.5, 0.6) is 0 Å². The van der Waals surface area contributed by atoms with Crippen molar-refractivity contribution in [2.75, 3.05) is 5.32 Å². The largest absolute Gasteiger partial charge is 0.455 e. The molecule has 0 saturated carbocycles. The number of nitrogens with one attached hydrogen (secondary N) is 1. The number of anilines is 2. The second kappa shape index (κ2) is 11.6. The lowest BCUT2D eigenvalue weighted by atomic mass is 9.52. The van der Waals surface area contributed by atoms with Crippen molar-refractivity contribution in [3.8, 4) is 33.4 Å². The molecule has 1 aromatic heterocycles. The molecule has 58 heavy (non-hydrogen) atoms. The van der Waals surface area contributed by atoms with Gasteiger partial charge in [0.2, 0.25) is 0 Å². The van der Waals surface area contributed by atoms with E-state index in [1.807, 2.05) is 12.1 Å². The summed E-state index contributed by atoms with van der Waals surface area (Å²) in [6, 6.07) is 76.2. The molecule has 0 bridgehead atoms. The molecule has 2 spiro atoms. The summed E-state index contributed by atoms with van der Waals surface area (Å²) in [6.07, 6.45) is 0. The minimum Gasteiger partial charge on any atom is -0.455 e. The number of benzene rings is 9. The molecule has 9 aromatic carbocycles. The van der Waals surface area contributed by atoms with Crippen molar-refractivity contribution in [3.05, 3.63) is 251 Å². The third-order valence-electron chi connectivity index (χ3n) is 13.4. The van der Waals surface area contributed by atoms with E-state index in [1.54, 1.807) is 0 Å². The first-order valence-corrected chi connectivity index (χ1v) is 20.2. The lowest BCUT2D eigenvalue weighted by Gasteiger charge is -2.49. The number of fused-ring (bicyclic) bond motifs is 19. The first-order chi connectivity index (χ1) is 28.8. The van der Waals surface area contributed by atoms with E-state index in [0.717, 1.165) is 44.4 Å². The number of hydrogen-bond donors (Lipinski definition) is 1. The average Bonchev–Trinajstić information content (AvgIpc) is 3.92. The van der Waals surface area contributed by atoms with E-state index in [4.69, 9.17) is 4.42 Å². The monoisotopic (exact) mass is 737 g/mol. The highest BCUT2D eigenvalue weighted by Crippen LogP contribution is 2.68. The van der Waals surface area contributed by atoms with Crippen molar-refractivity contribution in [3.63, 3.8) is 0 Å². The van der Waals surface area contributed by atoms with Crippen molar-refractivity contribution < 1.29 is 4.42 Å². The Bertz CT molecular complexity index is 3230. The molecule has 1 heterocycles. The lowest BCUT2D eigenvalue weighted by Crippen LogP contribution is -2.44. The van der Waals surface area contributed by atoms with Crippen LogP contribution in [-0.4, -0.2) is 0 Å². The smallest absolute Gasteiger partial charge is 0.143 e. The topological polar surface area (TPSA) is 25.2 Å². The van der Waals surface area contributed by atoms with Gasteiger partial charge in [0.1, 0.15) is 11.2 Å². The van der Waals surface area contributed by atoms with Crippen LogP contribution in [0.2, 0.25) is 0 Å². The lowest BCUT2D eigenvalue weighted by molar-refractivity contribution is 0.634. The summed E-state index contributed by atoms with van der Waals surface area (Å²) in [5.41, 5.74) is 21.0. The van der Waals surface area contributed by atoms with Crippen LogP contribution in [0, 0.1) is 0 Å². The minimum atomic E-state index is -0.572. The zero-order chi connectivity index (χ0) is 38.0. The number of hydrogen-bond acceptors (Lipinski definition) is 2. The Morgan fingerprint density at radius 1 is 0.328 bits per heavy atom. The van der Waals surface area contributed by atoms with Crippen LogP contribution in [0.1, 0.15) is 44.5 Å². The fraction of sp³-hybridized carbons (Fsp3) is 0.0357. The highest BCUT2D eigenvalue weighted by Gasteiger charge is 2.59. The number of furan rings is 1. The molecule has 0 fully saturated rings. The fourth-order valence-corrected chi connectivity index (χ4v) is 11.3.